The third kappa shape index (κ3) is 5.36. The second-order valence-electron chi connectivity index (χ2n) is 6.82. The molecular formula is C17H28N4O2S. The predicted molar refractivity (Wildman–Crippen MR) is 97.1 cm³/mol. The summed E-state index contributed by atoms with van der Waals surface area (Å²) in [5, 5.41) is 17.9. The average Bonchev–Trinajstić information content (AvgIpc) is 3.12. The lowest BCUT2D eigenvalue weighted by molar-refractivity contribution is 0.183. The molecule has 24 heavy (non-hydrogen) atoms. The van der Waals surface area contributed by atoms with Gasteiger partial charge in [0.05, 0.1) is 38.2 Å². The van der Waals surface area contributed by atoms with Crippen LogP contribution < -0.4 is 0 Å². The average molecular weight is 353 g/mol. The zero-order valence-corrected chi connectivity index (χ0v) is 15.8. The van der Waals surface area contributed by atoms with E-state index in [-0.39, 0.29) is 12.0 Å². The minimum absolute atomic E-state index is 0.0766. The van der Waals surface area contributed by atoms with Crippen molar-refractivity contribution in [2.24, 2.45) is 0 Å². The number of ether oxygens (including phenoxy) is 1. The zero-order valence-electron chi connectivity index (χ0n) is 15.0. The van der Waals surface area contributed by atoms with E-state index in [0.29, 0.717) is 13.2 Å². The topological polar surface area (TPSA) is 65.1 Å². The van der Waals surface area contributed by atoms with Crippen LogP contribution in [0.2, 0.25) is 0 Å². The van der Waals surface area contributed by atoms with Crippen molar-refractivity contribution in [2.75, 3.05) is 20.3 Å². The highest BCUT2D eigenvalue weighted by Crippen LogP contribution is 2.28. The van der Waals surface area contributed by atoms with Gasteiger partial charge in [-0.15, -0.1) is 0 Å². The van der Waals surface area contributed by atoms with Crippen LogP contribution in [0.15, 0.2) is 18.6 Å². The van der Waals surface area contributed by atoms with Crippen LogP contribution in [-0.2, 0) is 34.7 Å². The Morgan fingerprint density at radius 2 is 1.96 bits per heavy atom. The van der Waals surface area contributed by atoms with Gasteiger partial charge >= 0.3 is 0 Å². The fourth-order valence-electron chi connectivity index (χ4n) is 2.47. The van der Waals surface area contributed by atoms with Crippen molar-refractivity contribution in [2.45, 2.75) is 50.8 Å². The molecule has 0 aliphatic carbocycles. The fourth-order valence-corrected chi connectivity index (χ4v) is 3.36. The highest BCUT2D eigenvalue weighted by molar-refractivity contribution is 7.97. The Balaban J connectivity index is 1.98. The maximum absolute atomic E-state index is 8.94. The van der Waals surface area contributed by atoms with Crippen molar-refractivity contribution >= 4 is 11.8 Å². The van der Waals surface area contributed by atoms with Crippen LogP contribution in [0.3, 0.4) is 0 Å². The van der Waals surface area contributed by atoms with E-state index in [9.17, 15) is 0 Å². The van der Waals surface area contributed by atoms with Crippen LogP contribution >= 0.6 is 11.8 Å². The van der Waals surface area contributed by atoms with Gasteiger partial charge in [-0.25, -0.2) is 0 Å². The van der Waals surface area contributed by atoms with Crippen LogP contribution in [0.4, 0.5) is 0 Å². The summed E-state index contributed by atoms with van der Waals surface area (Å²) in [5.74, 6) is 1.76. The number of aromatic nitrogens is 4. The molecule has 2 rings (SSSR count). The van der Waals surface area contributed by atoms with Gasteiger partial charge in [0, 0.05) is 31.0 Å². The number of rotatable bonds is 9. The lowest BCUT2D eigenvalue weighted by Crippen LogP contribution is -2.12. The fraction of sp³-hybridized carbons (Fsp3) is 0.647. The molecule has 0 saturated carbocycles. The summed E-state index contributed by atoms with van der Waals surface area (Å²) in [6, 6.07) is 0. The van der Waals surface area contributed by atoms with E-state index in [1.807, 2.05) is 28.8 Å². The smallest absolute Gasteiger partial charge is 0.0760 e. The first-order valence-corrected chi connectivity index (χ1v) is 9.35. The second kappa shape index (κ2) is 8.69. The minimum atomic E-state index is 0.0766. The van der Waals surface area contributed by atoms with Crippen molar-refractivity contribution in [3.8, 4) is 0 Å². The number of aliphatic hydroxyl groups excluding tert-OH is 1. The summed E-state index contributed by atoms with van der Waals surface area (Å²) in [4.78, 5) is 0. The molecule has 0 amide bonds. The van der Waals surface area contributed by atoms with E-state index in [2.05, 4.69) is 32.1 Å². The standard InChI is InChI=1S/C17H28N4O2S/c1-17(2,3)15-11-21(6-8-23-4)19-16(15)13-24-12-14-9-18-20(10-14)5-7-22/h9-11,22H,5-8,12-13H2,1-4H3. The molecule has 0 unspecified atom stereocenters. The molecule has 1 N–H and O–H groups in total. The van der Waals surface area contributed by atoms with Crippen LogP contribution in [0.5, 0.6) is 0 Å². The first-order valence-electron chi connectivity index (χ1n) is 8.19. The largest absolute Gasteiger partial charge is 0.394 e. The van der Waals surface area contributed by atoms with E-state index < -0.39 is 0 Å². The molecule has 0 spiro atoms. The maximum Gasteiger partial charge on any atom is 0.0760 e. The van der Waals surface area contributed by atoms with Crippen LogP contribution in [0.1, 0.15) is 37.6 Å². The SMILES string of the molecule is COCCn1cc(C(C)(C)C)c(CSCc2cnn(CCO)c2)n1. The third-order valence-electron chi connectivity index (χ3n) is 3.69. The first kappa shape index (κ1) is 19.0. The summed E-state index contributed by atoms with van der Waals surface area (Å²) in [7, 11) is 1.71. The molecule has 0 aromatic carbocycles. The van der Waals surface area contributed by atoms with Gasteiger partial charge in [-0.3, -0.25) is 9.36 Å². The zero-order chi connectivity index (χ0) is 17.6. The lowest BCUT2D eigenvalue weighted by Gasteiger charge is -2.18. The molecule has 0 radical (unpaired) electrons. The highest BCUT2D eigenvalue weighted by atomic mass is 32.2. The molecule has 0 saturated heterocycles. The molecule has 6 nitrogen and oxygen atoms in total. The van der Waals surface area contributed by atoms with E-state index in [1.165, 1.54) is 11.1 Å². The number of nitrogens with zero attached hydrogens (tertiary/aromatic N) is 4. The van der Waals surface area contributed by atoms with Crippen LogP contribution in [0.25, 0.3) is 0 Å². The van der Waals surface area contributed by atoms with Crippen molar-refractivity contribution < 1.29 is 9.84 Å². The molecule has 0 atom stereocenters. The number of methoxy groups -OCH3 is 1. The predicted octanol–water partition coefficient (Wildman–Crippen LogP) is 2.45. The third-order valence-corrected chi connectivity index (χ3v) is 4.71. The molecule has 2 aromatic rings. The van der Waals surface area contributed by atoms with Gasteiger partial charge in [0.1, 0.15) is 0 Å². The lowest BCUT2D eigenvalue weighted by atomic mass is 9.88. The quantitative estimate of drug-likeness (QED) is 0.751. The molecule has 0 fully saturated rings. The van der Waals surface area contributed by atoms with E-state index in [0.717, 1.165) is 23.7 Å². The number of hydrogen-bond acceptors (Lipinski definition) is 5. The minimum Gasteiger partial charge on any atom is -0.394 e. The van der Waals surface area contributed by atoms with E-state index >= 15 is 0 Å². The molecule has 2 heterocycles. The van der Waals surface area contributed by atoms with Crippen molar-refractivity contribution in [3.05, 3.63) is 35.4 Å². The second-order valence-corrected chi connectivity index (χ2v) is 7.81. The van der Waals surface area contributed by atoms with Crippen molar-refractivity contribution in [3.63, 3.8) is 0 Å². The van der Waals surface area contributed by atoms with Gasteiger partial charge in [-0.2, -0.15) is 22.0 Å². The normalized spacial score (nSPS) is 12.0. The molecule has 134 valence electrons. The summed E-state index contributed by atoms with van der Waals surface area (Å²) >= 11 is 1.84. The summed E-state index contributed by atoms with van der Waals surface area (Å²) in [6.45, 7) is 8.76. The molecule has 0 aliphatic heterocycles. The monoisotopic (exact) mass is 352 g/mol. The van der Waals surface area contributed by atoms with Gasteiger partial charge < -0.3 is 9.84 Å². The Kier molecular flexibility index (Phi) is 6.89. The summed E-state index contributed by atoms with van der Waals surface area (Å²) < 4.78 is 8.91. The Labute approximate surface area is 148 Å². The first-order chi connectivity index (χ1) is 11.4. The van der Waals surface area contributed by atoms with Crippen LogP contribution in [-0.4, -0.2) is 45.0 Å². The molecular weight excluding hydrogens is 324 g/mol. The van der Waals surface area contributed by atoms with Gasteiger partial charge in [0.2, 0.25) is 0 Å². The number of hydrogen-bond donors (Lipinski definition) is 1. The maximum atomic E-state index is 8.94. The van der Waals surface area contributed by atoms with Crippen molar-refractivity contribution in [1.29, 1.82) is 0 Å². The Morgan fingerprint density at radius 3 is 2.62 bits per heavy atom. The highest BCUT2D eigenvalue weighted by Gasteiger charge is 2.21. The van der Waals surface area contributed by atoms with Gasteiger partial charge in [0.15, 0.2) is 0 Å². The van der Waals surface area contributed by atoms with Gasteiger partial charge in [-0.1, -0.05) is 20.8 Å². The van der Waals surface area contributed by atoms with Gasteiger partial charge in [0.25, 0.3) is 0 Å². The van der Waals surface area contributed by atoms with E-state index in [1.54, 1.807) is 11.8 Å². The summed E-state index contributed by atoms with van der Waals surface area (Å²) in [5.41, 5.74) is 3.69. The van der Waals surface area contributed by atoms with E-state index in [4.69, 9.17) is 14.9 Å². The molecule has 0 aliphatic rings. The molecule has 7 heteroatoms. The molecule has 2 aromatic heterocycles. The van der Waals surface area contributed by atoms with Gasteiger partial charge in [-0.05, 0) is 16.5 Å². The Morgan fingerprint density at radius 1 is 1.17 bits per heavy atom. The molecule has 0 bridgehead atoms. The number of aliphatic hydroxyl groups is 1. The Bertz CT molecular complexity index is 631. The number of thioether (sulfide) groups is 1. The summed E-state index contributed by atoms with van der Waals surface area (Å²) in [6.07, 6.45) is 6.00. The Hall–Kier alpha value is -1.31. The van der Waals surface area contributed by atoms with Crippen molar-refractivity contribution in [1.82, 2.24) is 19.6 Å². The van der Waals surface area contributed by atoms with Crippen LogP contribution in [0, 0.1) is 0 Å².